The number of rotatable bonds is 5. The van der Waals surface area contributed by atoms with Crippen LogP contribution < -0.4 is 16.4 Å². The van der Waals surface area contributed by atoms with E-state index in [1.807, 2.05) is 6.92 Å². The molecule has 1 atom stereocenters. The van der Waals surface area contributed by atoms with Crippen molar-refractivity contribution in [2.45, 2.75) is 26.3 Å². The molecule has 6 nitrogen and oxygen atoms in total. The smallest absolute Gasteiger partial charge is 0.264 e. The first-order valence-corrected chi connectivity index (χ1v) is 7.56. The Bertz CT molecular complexity index is 668. The molecule has 2 aromatic heterocycles. The maximum atomic E-state index is 12.2. The van der Waals surface area contributed by atoms with E-state index in [1.54, 1.807) is 25.4 Å². The summed E-state index contributed by atoms with van der Waals surface area (Å²) in [7, 11) is 0. The molecule has 0 aliphatic rings. The van der Waals surface area contributed by atoms with Crippen molar-refractivity contribution >= 4 is 38.9 Å². The molecule has 0 saturated heterocycles. The van der Waals surface area contributed by atoms with Crippen LogP contribution >= 0.6 is 11.3 Å². The van der Waals surface area contributed by atoms with E-state index in [9.17, 15) is 9.59 Å². The van der Waals surface area contributed by atoms with Gasteiger partial charge in [0.15, 0.2) is 0 Å². The Labute approximate surface area is 126 Å². The molecule has 0 aliphatic heterocycles. The van der Waals surface area contributed by atoms with E-state index < -0.39 is 6.04 Å². The van der Waals surface area contributed by atoms with E-state index in [4.69, 9.17) is 5.73 Å². The highest BCUT2D eigenvalue weighted by Crippen LogP contribution is 2.32. The Morgan fingerprint density at radius 2 is 2.24 bits per heavy atom. The third kappa shape index (κ3) is 3.30. The number of hydrogen-bond acceptors (Lipinski definition) is 5. The molecule has 112 valence electrons. The number of nitrogen functional groups attached to an aromatic ring is 1. The molecule has 2 rings (SSSR count). The Hall–Kier alpha value is -2.15. The highest BCUT2D eigenvalue weighted by atomic mass is 32.1. The number of carbonyl (C=O) groups excluding carboxylic acids is 2. The van der Waals surface area contributed by atoms with E-state index in [-0.39, 0.29) is 11.8 Å². The van der Waals surface area contributed by atoms with Crippen LogP contribution in [0.3, 0.4) is 0 Å². The first-order chi connectivity index (χ1) is 10.0. The third-order valence-corrected chi connectivity index (χ3v) is 4.18. The number of carbonyl (C=O) groups is 2. The van der Waals surface area contributed by atoms with Crippen LogP contribution in [0.25, 0.3) is 10.1 Å². The summed E-state index contributed by atoms with van der Waals surface area (Å²) in [5.74, 6) is -0.542. The van der Waals surface area contributed by atoms with Crippen LogP contribution in [0, 0.1) is 0 Å². The second-order valence-electron chi connectivity index (χ2n) is 4.70. The molecule has 21 heavy (non-hydrogen) atoms. The first kappa shape index (κ1) is 15.2. The lowest BCUT2D eigenvalue weighted by atomic mass is 10.2. The molecule has 0 aliphatic carbocycles. The highest BCUT2D eigenvalue weighted by molar-refractivity contribution is 7.21. The topological polar surface area (TPSA) is 97.1 Å². The third-order valence-electron chi connectivity index (χ3n) is 3.03. The number of fused-ring (bicyclic) bond motifs is 1. The van der Waals surface area contributed by atoms with Gasteiger partial charge in [0, 0.05) is 24.3 Å². The minimum atomic E-state index is -0.605. The number of nitrogens with zero attached hydrogens (tertiary/aromatic N) is 1. The first-order valence-electron chi connectivity index (χ1n) is 6.75. The molecule has 1 unspecified atom stereocenters. The van der Waals surface area contributed by atoms with Crippen LogP contribution in [0.2, 0.25) is 0 Å². The minimum Gasteiger partial charge on any atom is -0.397 e. The number of pyridine rings is 1. The number of hydrogen-bond donors (Lipinski definition) is 3. The number of anilines is 1. The summed E-state index contributed by atoms with van der Waals surface area (Å²) >= 11 is 1.27. The van der Waals surface area contributed by atoms with Gasteiger partial charge in [0.1, 0.15) is 10.9 Å². The molecule has 0 radical (unpaired) electrons. The van der Waals surface area contributed by atoms with Gasteiger partial charge in [0.05, 0.1) is 10.4 Å². The summed E-state index contributed by atoms with van der Waals surface area (Å²) < 4.78 is 0.850. The normalized spacial score (nSPS) is 12.1. The molecule has 2 heterocycles. The van der Waals surface area contributed by atoms with Gasteiger partial charge in [-0.3, -0.25) is 14.6 Å². The molecule has 7 heteroatoms. The van der Waals surface area contributed by atoms with Crippen molar-refractivity contribution in [1.29, 1.82) is 0 Å². The van der Waals surface area contributed by atoms with E-state index in [0.717, 1.165) is 16.5 Å². The molecule has 0 bridgehead atoms. The van der Waals surface area contributed by atoms with Crippen LogP contribution in [-0.4, -0.2) is 29.4 Å². The maximum absolute atomic E-state index is 12.2. The van der Waals surface area contributed by atoms with Gasteiger partial charge in [0.25, 0.3) is 5.91 Å². The minimum absolute atomic E-state index is 0.202. The van der Waals surface area contributed by atoms with Gasteiger partial charge in [-0.05, 0) is 19.4 Å². The van der Waals surface area contributed by atoms with Crippen LogP contribution in [-0.2, 0) is 4.79 Å². The van der Waals surface area contributed by atoms with Crippen LogP contribution in [0.5, 0.6) is 0 Å². The molecule has 2 amide bonds. The van der Waals surface area contributed by atoms with Crippen LogP contribution in [0.15, 0.2) is 18.5 Å². The standard InChI is InChI=1S/C14H18N4O2S/c1-3-5-17-13(19)8(2)18-14(20)12-11(15)9-4-6-16-7-10(9)21-12/h4,6-8H,3,5,15H2,1-2H3,(H,17,19)(H,18,20). The number of amides is 2. The zero-order chi connectivity index (χ0) is 15.4. The average Bonchev–Trinajstić information content (AvgIpc) is 2.82. The van der Waals surface area contributed by atoms with Gasteiger partial charge < -0.3 is 16.4 Å². The fourth-order valence-electron chi connectivity index (χ4n) is 1.87. The van der Waals surface area contributed by atoms with Crippen molar-refractivity contribution in [3.63, 3.8) is 0 Å². The van der Waals surface area contributed by atoms with Gasteiger partial charge in [0.2, 0.25) is 5.91 Å². The summed E-state index contributed by atoms with van der Waals surface area (Å²) in [6.07, 6.45) is 4.15. The molecule has 0 saturated carbocycles. The molecule has 4 N–H and O–H groups in total. The van der Waals surface area contributed by atoms with Crippen LogP contribution in [0.1, 0.15) is 29.9 Å². The van der Waals surface area contributed by atoms with E-state index in [2.05, 4.69) is 15.6 Å². The molecule has 0 fully saturated rings. The van der Waals surface area contributed by atoms with E-state index >= 15 is 0 Å². The summed E-state index contributed by atoms with van der Waals surface area (Å²) in [4.78, 5) is 28.4. The van der Waals surface area contributed by atoms with E-state index in [0.29, 0.717) is 17.1 Å². The molecule has 2 aromatic rings. The summed E-state index contributed by atoms with van der Waals surface area (Å²) in [5, 5.41) is 6.21. The van der Waals surface area contributed by atoms with Crippen molar-refractivity contribution in [2.75, 3.05) is 12.3 Å². The Morgan fingerprint density at radius 1 is 1.48 bits per heavy atom. The largest absolute Gasteiger partial charge is 0.397 e. The monoisotopic (exact) mass is 306 g/mol. The predicted octanol–water partition coefficient (Wildman–Crippen LogP) is 1.52. The predicted molar refractivity (Wildman–Crippen MR) is 84.3 cm³/mol. The SMILES string of the molecule is CCCNC(=O)C(C)NC(=O)c1sc2cnccc2c1N. The lowest BCUT2D eigenvalue weighted by molar-refractivity contribution is -0.122. The van der Waals surface area contributed by atoms with Crippen molar-refractivity contribution in [1.82, 2.24) is 15.6 Å². The van der Waals surface area contributed by atoms with Gasteiger partial charge in [-0.15, -0.1) is 11.3 Å². The number of thiophene rings is 1. The summed E-state index contributed by atoms with van der Waals surface area (Å²) in [6, 6.07) is 1.17. The number of nitrogens with one attached hydrogen (secondary N) is 2. The second kappa shape index (κ2) is 6.53. The summed E-state index contributed by atoms with van der Waals surface area (Å²) in [5.41, 5.74) is 6.42. The Kier molecular flexibility index (Phi) is 4.74. The van der Waals surface area contributed by atoms with Crippen molar-refractivity contribution in [3.05, 3.63) is 23.3 Å². The summed E-state index contributed by atoms with van der Waals surface area (Å²) in [6.45, 7) is 4.21. The second-order valence-corrected chi connectivity index (χ2v) is 5.76. The van der Waals surface area contributed by atoms with E-state index in [1.165, 1.54) is 11.3 Å². The zero-order valence-electron chi connectivity index (χ0n) is 12.0. The van der Waals surface area contributed by atoms with Crippen molar-refractivity contribution < 1.29 is 9.59 Å². The quantitative estimate of drug-likeness (QED) is 0.780. The fraction of sp³-hybridized carbons (Fsp3) is 0.357. The van der Waals surface area contributed by atoms with Gasteiger partial charge >= 0.3 is 0 Å². The van der Waals surface area contributed by atoms with Crippen molar-refractivity contribution in [3.8, 4) is 0 Å². The Balaban J connectivity index is 2.12. The van der Waals surface area contributed by atoms with Crippen molar-refractivity contribution in [2.24, 2.45) is 0 Å². The van der Waals surface area contributed by atoms with Gasteiger partial charge in [-0.25, -0.2) is 0 Å². The Morgan fingerprint density at radius 3 is 2.90 bits per heavy atom. The van der Waals surface area contributed by atoms with Crippen LogP contribution in [0.4, 0.5) is 5.69 Å². The number of aromatic nitrogens is 1. The fourth-order valence-corrected chi connectivity index (χ4v) is 2.86. The molecule has 0 spiro atoms. The number of nitrogens with two attached hydrogens (primary N) is 1. The highest BCUT2D eigenvalue weighted by Gasteiger charge is 2.20. The average molecular weight is 306 g/mol. The molecular formula is C14H18N4O2S. The molecular weight excluding hydrogens is 288 g/mol. The maximum Gasteiger partial charge on any atom is 0.264 e. The zero-order valence-corrected chi connectivity index (χ0v) is 12.8. The lowest BCUT2D eigenvalue weighted by Crippen LogP contribution is -2.44. The molecule has 0 aromatic carbocycles. The lowest BCUT2D eigenvalue weighted by Gasteiger charge is -2.13. The van der Waals surface area contributed by atoms with Gasteiger partial charge in [-0.1, -0.05) is 6.92 Å². The van der Waals surface area contributed by atoms with Gasteiger partial charge in [-0.2, -0.15) is 0 Å².